The molecule has 42 valence electrons. The van der Waals surface area contributed by atoms with Crippen molar-refractivity contribution < 1.29 is 101 Å². The van der Waals surface area contributed by atoms with Crippen molar-refractivity contribution in [1.82, 2.24) is 0 Å². The minimum absolute atomic E-state index is 0. The van der Waals surface area contributed by atoms with E-state index in [1.165, 1.54) is 0 Å². The first-order valence-corrected chi connectivity index (χ1v) is 2.10. The molecular weight excluding hydrogens is 185 g/mol. The van der Waals surface area contributed by atoms with Gasteiger partial charge in [0.2, 0.25) is 0 Å². The Morgan fingerprint density at radius 3 is 1.25 bits per heavy atom. The summed E-state index contributed by atoms with van der Waals surface area (Å²) in [4.78, 5) is 0. The summed E-state index contributed by atoms with van der Waals surface area (Å²) >= 11 is 0. The topological polar surface area (TPSA) is 74.6 Å². The zero-order valence-electron chi connectivity index (χ0n) is 6.12. The molecule has 2 N–H and O–H groups in total. The van der Waals surface area contributed by atoms with Gasteiger partial charge in [0.25, 0.3) is 0 Å². The minimum atomic E-state index is -4.67. The Kier molecular flexibility index (Phi) is 28.2. The average Bonchev–Trinajstić information content (AvgIpc) is 0.722. The summed E-state index contributed by atoms with van der Waals surface area (Å²) < 4.78 is 31.6. The largest absolute Gasteiger partial charge is 1.00 e. The summed E-state index contributed by atoms with van der Waals surface area (Å²) in [5.74, 6) is 0. The molecule has 0 unspecified atom stereocenters. The standard InChI is InChI=1S/Al.K.Na.H2O4S.5H/c;;;1-5(2,3)4;;;;;/h;;;(H2,1,2,3,4);;;;;/q;2*+1;;;;;2*-1. The molecule has 0 rings (SSSR count). The van der Waals surface area contributed by atoms with Crippen molar-refractivity contribution >= 4 is 27.8 Å². The van der Waals surface area contributed by atoms with Crippen LogP contribution in [0.1, 0.15) is 2.85 Å². The van der Waals surface area contributed by atoms with Crippen molar-refractivity contribution in [3.05, 3.63) is 0 Å². The fourth-order valence-corrected chi connectivity index (χ4v) is 0. The first kappa shape index (κ1) is 22.5. The van der Waals surface area contributed by atoms with Crippen LogP contribution in [-0.2, 0) is 10.4 Å². The van der Waals surface area contributed by atoms with Crippen LogP contribution in [-0.4, -0.2) is 34.9 Å². The van der Waals surface area contributed by atoms with Crippen LogP contribution in [0.25, 0.3) is 0 Å². The second-order valence-electron chi connectivity index (χ2n) is 0.448. The predicted octanol–water partition coefficient (Wildman–Crippen LogP) is -7.60. The van der Waals surface area contributed by atoms with E-state index in [0.29, 0.717) is 0 Å². The van der Waals surface area contributed by atoms with Gasteiger partial charge in [-0.1, -0.05) is 0 Å². The number of hydrogen-bond acceptors (Lipinski definition) is 2. The maximum atomic E-state index is 8.74. The summed E-state index contributed by atoms with van der Waals surface area (Å²) in [6, 6.07) is 0. The molecule has 0 radical (unpaired) electrons. The van der Waals surface area contributed by atoms with E-state index in [4.69, 9.17) is 17.5 Å². The molecular formula is H7AlKNaO4S. The van der Waals surface area contributed by atoms with Gasteiger partial charge in [-0.25, -0.2) is 0 Å². The third kappa shape index (κ3) is 63.3. The molecule has 0 amide bonds. The second-order valence-corrected chi connectivity index (χ2v) is 1.34. The van der Waals surface area contributed by atoms with Crippen LogP contribution >= 0.6 is 0 Å². The summed E-state index contributed by atoms with van der Waals surface area (Å²) in [6.45, 7) is 0. The monoisotopic (exact) mass is 192 g/mol. The first-order valence-electron chi connectivity index (χ1n) is 0.698. The van der Waals surface area contributed by atoms with E-state index in [-0.39, 0.29) is 101 Å². The maximum absolute atomic E-state index is 8.74. The molecule has 0 aliphatic rings. The van der Waals surface area contributed by atoms with E-state index in [0.717, 1.165) is 0 Å². The molecule has 0 aliphatic carbocycles. The Labute approximate surface area is 126 Å². The van der Waals surface area contributed by atoms with Gasteiger partial charge >= 0.3 is 91.3 Å². The van der Waals surface area contributed by atoms with Crippen molar-refractivity contribution in [1.29, 1.82) is 0 Å². The van der Waals surface area contributed by atoms with Gasteiger partial charge in [0, 0.05) is 0 Å². The Balaban J connectivity index is -0.00000000800. The molecule has 4 nitrogen and oxygen atoms in total. The molecule has 0 fully saturated rings. The summed E-state index contributed by atoms with van der Waals surface area (Å²) in [6.07, 6.45) is 0. The summed E-state index contributed by atoms with van der Waals surface area (Å²) in [7, 11) is -4.67. The van der Waals surface area contributed by atoms with Gasteiger partial charge in [-0.15, -0.1) is 0 Å². The van der Waals surface area contributed by atoms with E-state index in [1.807, 2.05) is 0 Å². The fraction of sp³-hybridized carbons (Fsp3) is 0. The van der Waals surface area contributed by atoms with Crippen LogP contribution in [0.4, 0.5) is 0 Å². The van der Waals surface area contributed by atoms with E-state index in [2.05, 4.69) is 0 Å². The molecule has 0 aromatic rings. The summed E-state index contributed by atoms with van der Waals surface area (Å²) in [5, 5.41) is 0. The SMILES string of the molecule is O=S(=O)(O)O.[AlH3].[H-].[H-].[K+].[Na+]. The smallest absolute Gasteiger partial charge is 1.00 e. The second kappa shape index (κ2) is 10.0. The van der Waals surface area contributed by atoms with E-state index in [1.54, 1.807) is 0 Å². The molecule has 0 heterocycles. The van der Waals surface area contributed by atoms with Crippen molar-refractivity contribution in [2.75, 3.05) is 0 Å². The van der Waals surface area contributed by atoms with Crippen LogP contribution in [0.2, 0.25) is 0 Å². The molecule has 0 saturated heterocycles. The third-order valence-corrected chi connectivity index (χ3v) is 0. The van der Waals surface area contributed by atoms with Crippen molar-refractivity contribution in [3.8, 4) is 0 Å². The van der Waals surface area contributed by atoms with E-state index in [9.17, 15) is 0 Å². The normalized spacial score (nSPS) is 7.25. The Hall–Kier alpha value is 3.04. The number of hydrogen-bond donors (Lipinski definition) is 2. The molecule has 0 atom stereocenters. The molecule has 0 aromatic carbocycles. The molecule has 8 heavy (non-hydrogen) atoms. The van der Waals surface area contributed by atoms with Gasteiger partial charge < -0.3 is 2.85 Å². The van der Waals surface area contributed by atoms with Crippen LogP contribution < -0.4 is 80.9 Å². The van der Waals surface area contributed by atoms with Crippen LogP contribution in [0.15, 0.2) is 0 Å². The quantitative estimate of drug-likeness (QED) is 0.295. The van der Waals surface area contributed by atoms with Crippen molar-refractivity contribution in [2.24, 2.45) is 0 Å². The van der Waals surface area contributed by atoms with Crippen molar-refractivity contribution in [2.45, 2.75) is 0 Å². The van der Waals surface area contributed by atoms with Gasteiger partial charge in [0.05, 0.1) is 0 Å². The Bertz CT molecular complexity index is 106. The Morgan fingerprint density at radius 1 is 1.25 bits per heavy atom. The van der Waals surface area contributed by atoms with Crippen LogP contribution in [0.5, 0.6) is 0 Å². The van der Waals surface area contributed by atoms with E-state index >= 15 is 0 Å². The fourth-order valence-electron chi connectivity index (χ4n) is 0. The van der Waals surface area contributed by atoms with Gasteiger partial charge in [-0.2, -0.15) is 8.42 Å². The van der Waals surface area contributed by atoms with Crippen LogP contribution in [0, 0.1) is 0 Å². The summed E-state index contributed by atoms with van der Waals surface area (Å²) in [5.41, 5.74) is 0. The number of rotatable bonds is 0. The molecule has 0 saturated carbocycles. The first-order chi connectivity index (χ1) is 2.00. The van der Waals surface area contributed by atoms with Gasteiger partial charge in [0.15, 0.2) is 17.4 Å². The molecule has 0 aliphatic heterocycles. The molecule has 0 spiro atoms. The van der Waals surface area contributed by atoms with Crippen molar-refractivity contribution in [3.63, 3.8) is 0 Å². The maximum Gasteiger partial charge on any atom is 1.00 e. The van der Waals surface area contributed by atoms with Gasteiger partial charge in [-0.3, -0.25) is 9.11 Å². The zero-order chi connectivity index (χ0) is 4.50. The molecule has 0 bridgehead atoms. The van der Waals surface area contributed by atoms with Gasteiger partial charge in [0.1, 0.15) is 0 Å². The van der Waals surface area contributed by atoms with E-state index < -0.39 is 10.4 Å². The van der Waals surface area contributed by atoms with Crippen LogP contribution in [0.3, 0.4) is 0 Å². The minimum Gasteiger partial charge on any atom is -1.00 e. The molecule has 0 aromatic heterocycles. The molecule has 8 heteroatoms. The predicted molar refractivity (Wildman–Crippen MR) is 26.3 cm³/mol. The zero-order valence-corrected chi connectivity index (χ0v) is 10.1. The van der Waals surface area contributed by atoms with Gasteiger partial charge in [-0.05, 0) is 0 Å². The average molecular weight is 192 g/mol. The Morgan fingerprint density at radius 2 is 1.25 bits per heavy atom. The third-order valence-electron chi connectivity index (χ3n) is 0.